The van der Waals surface area contributed by atoms with Crippen LogP contribution in [0.5, 0.6) is 0 Å². The normalized spacial score (nSPS) is 16.6. The molecule has 2 rings (SSSR count). The lowest BCUT2D eigenvalue weighted by Crippen LogP contribution is -2.37. The van der Waals surface area contributed by atoms with Crippen LogP contribution >= 0.6 is 22.6 Å². The molecule has 0 saturated carbocycles. The van der Waals surface area contributed by atoms with Gasteiger partial charge in [-0.3, -0.25) is 0 Å². The van der Waals surface area contributed by atoms with E-state index in [1.807, 2.05) is 0 Å². The maximum Gasteiger partial charge on any atom is 0.149 e. The van der Waals surface area contributed by atoms with E-state index < -0.39 is 11.6 Å². The molecule has 2 nitrogen and oxygen atoms in total. The number of benzene rings is 1. The predicted octanol–water partition coefficient (Wildman–Crippen LogP) is 2.74. The number of nitrogens with zero attached hydrogens (tertiary/aromatic N) is 1. The van der Waals surface area contributed by atoms with Crippen molar-refractivity contribution in [3.63, 3.8) is 0 Å². The van der Waals surface area contributed by atoms with Gasteiger partial charge < -0.3 is 9.64 Å². The fraction of sp³-hybridized carbons (Fsp3) is 0.455. The first kappa shape index (κ1) is 12.0. The second-order valence-electron chi connectivity index (χ2n) is 3.64. The Kier molecular flexibility index (Phi) is 3.96. The Morgan fingerprint density at radius 3 is 2.25 bits per heavy atom. The van der Waals surface area contributed by atoms with Crippen molar-refractivity contribution in [2.75, 3.05) is 31.2 Å². The molecule has 0 aliphatic carbocycles. The number of anilines is 1. The van der Waals surface area contributed by atoms with Gasteiger partial charge in [0, 0.05) is 17.5 Å². The van der Waals surface area contributed by atoms with Crippen molar-refractivity contribution in [3.05, 3.63) is 29.3 Å². The van der Waals surface area contributed by atoms with Crippen LogP contribution in [0.1, 0.15) is 5.56 Å². The van der Waals surface area contributed by atoms with Crippen LogP contribution in [0.2, 0.25) is 0 Å². The number of rotatable bonds is 2. The van der Waals surface area contributed by atoms with Gasteiger partial charge in [0.25, 0.3) is 0 Å². The molecule has 1 heterocycles. The maximum absolute atomic E-state index is 13.8. The second kappa shape index (κ2) is 5.27. The Hall–Kier alpha value is -0.430. The van der Waals surface area contributed by atoms with Gasteiger partial charge in [-0.1, -0.05) is 22.6 Å². The summed E-state index contributed by atoms with van der Waals surface area (Å²) in [4.78, 5) is 1.70. The predicted molar refractivity (Wildman–Crippen MR) is 67.1 cm³/mol. The highest BCUT2D eigenvalue weighted by Gasteiger charge is 2.19. The second-order valence-corrected chi connectivity index (χ2v) is 4.40. The summed E-state index contributed by atoms with van der Waals surface area (Å²) in [6.45, 7) is 2.12. The van der Waals surface area contributed by atoms with Gasteiger partial charge in [0.2, 0.25) is 0 Å². The van der Waals surface area contributed by atoms with Crippen LogP contribution < -0.4 is 4.90 Å². The van der Waals surface area contributed by atoms with Crippen LogP contribution in [0, 0.1) is 11.6 Å². The number of alkyl halides is 1. The molecule has 5 heteroatoms. The number of morpholine rings is 1. The first-order valence-electron chi connectivity index (χ1n) is 5.09. The van der Waals surface area contributed by atoms with Gasteiger partial charge >= 0.3 is 0 Å². The third-order valence-electron chi connectivity index (χ3n) is 2.56. The summed E-state index contributed by atoms with van der Waals surface area (Å²) in [6.07, 6.45) is 0. The molecule has 0 N–H and O–H groups in total. The van der Waals surface area contributed by atoms with Crippen LogP contribution in [0.25, 0.3) is 0 Å². The van der Waals surface area contributed by atoms with E-state index in [9.17, 15) is 8.78 Å². The van der Waals surface area contributed by atoms with E-state index in [1.165, 1.54) is 12.1 Å². The smallest absolute Gasteiger partial charge is 0.149 e. The fourth-order valence-corrected chi connectivity index (χ4v) is 2.22. The summed E-state index contributed by atoms with van der Waals surface area (Å²) in [5.74, 6) is -0.956. The molecule has 88 valence electrons. The van der Waals surface area contributed by atoms with E-state index in [2.05, 4.69) is 22.6 Å². The summed E-state index contributed by atoms with van der Waals surface area (Å²) in [6, 6.07) is 2.81. The molecular weight excluding hydrogens is 327 g/mol. The molecule has 16 heavy (non-hydrogen) atoms. The SMILES string of the molecule is Fc1cc(CI)cc(F)c1N1CCOCC1. The highest BCUT2D eigenvalue weighted by Crippen LogP contribution is 2.26. The van der Waals surface area contributed by atoms with Gasteiger partial charge in [0.1, 0.15) is 17.3 Å². The Labute approximate surface area is 107 Å². The Bertz CT molecular complexity index is 357. The van der Waals surface area contributed by atoms with E-state index in [0.29, 0.717) is 36.3 Å². The fourth-order valence-electron chi connectivity index (χ4n) is 1.78. The van der Waals surface area contributed by atoms with Gasteiger partial charge in [-0.15, -0.1) is 0 Å². The Morgan fingerprint density at radius 2 is 1.75 bits per heavy atom. The van der Waals surface area contributed by atoms with Crippen molar-refractivity contribution in [2.24, 2.45) is 0 Å². The molecule has 1 aliphatic rings. The van der Waals surface area contributed by atoms with E-state index in [0.717, 1.165) is 0 Å². The number of halogens is 3. The lowest BCUT2D eigenvalue weighted by molar-refractivity contribution is 0.122. The molecule has 1 saturated heterocycles. The molecule has 0 amide bonds. The van der Waals surface area contributed by atoms with Gasteiger partial charge in [-0.05, 0) is 17.7 Å². The summed E-state index contributed by atoms with van der Waals surface area (Å²) < 4.78 is 33.3. The van der Waals surface area contributed by atoms with Crippen LogP contribution in [-0.4, -0.2) is 26.3 Å². The average molecular weight is 339 g/mol. The van der Waals surface area contributed by atoms with Crippen LogP contribution in [0.4, 0.5) is 14.5 Å². The molecule has 1 aliphatic heterocycles. The van der Waals surface area contributed by atoms with Crippen LogP contribution in [0.15, 0.2) is 12.1 Å². The average Bonchev–Trinajstić information content (AvgIpc) is 2.29. The number of ether oxygens (including phenoxy) is 1. The minimum atomic E-state index is -0.478. The molecule has 1 fully saturated rings. The molecule has 0 atom stereocenters. The zero-order valence-electron chi connectivity index (χ0n) is 8.68. The molecule has 1 aromatic carbocycles. The largest absolute Gasteiger partial charge is 0.378 e. The van der Waals surface area contributed by atoms with Gasteiger partial charge in [0.15, 0.2) is 0 Å². The molecule has 0 spiro atoms. The van der Waals surface area contributed by atoms with Gasteiger partial charge in [-0.2, -0.15) is 0 Å². The van der Waals surface area contributed by atoms with Crippen molar-refractivity contribution in [1.82, 2.24) is 0 Å². The quantitative estimate of drug-likeness (QED) is 0.607. The molecule has 1 aromatic rings. The standard InChI is InChI=1S/C11H12F2INO/c12-9-5-8(7-14)6-10(13)11(9)15-1-3-16-4-2-15/h5-6H,1-4,7H2. The molecule has 0 unspecified atom stereocenters. The van der Waals surface area contributed by atoms with Crippen molar-refractivity contribution >= 4 is 28.3 Å². The van der Waals surface area contributed by atoms with Crippen molar-refractivity contribution in [1.29, 1.82) is 0 Å². The first-order valence-corrected chi connectivity index (χ1v) is 6.61. The summed E-state index contributed by atoms with van der Waals surface area (Å²) in [5.41, 5.74) is 0.754. The number of hydrogen-bond acceptors (Lipinski definition) is 2. The minimum Gasteiger partial charge on any atom is -0.378 e. The maximum atomic E-state index is 13.8. The van der Waals surface area contributed by atoms with Crippen LogP contribution in [-0.2, 0) is 9.16 Å². The highest BCUT2D eigenvalue weighted by atomic mass is 127. The third kappa shape index (κ3) is 2.45. The van der Waals surface area contributed by atoms with Crippen molar-refractivity contribution < 1.29 is 13.5 Å². The summed E-state index contributed by atoms with van der Waals surface area (Å²) in [5, 5.41) is 0. The lowest BCUT2D eigenvalue weighted by Gasteiger charge is -2.29. The van der Waals surface area contributed by atoms with Crippen molar-refractivity contribution in [3.8, 4) is 0 Å². The van der Waals surface area contributed by atoms with Crippen molar-refractivity contribution in [2.45, 2.75) is 4.43 Å². The first-order chi connectivity index (χ1) is 7.72. The minimum absolute atomic E-state index is 0.0805. The zero-order valence-corrected chi connectivity index (χ0v) is 10.8. The Morgan fingerprint density at radius 1 is 1.19 bits per heavy atom. The van der Waals surface area contributed by atoms with Gasteiger partial charge in [-0.25, -0.2) is 8.78 Å². The topological polar surface area (TPSA) is 12.5 Å². The summed E-state index contributed by atoms with van der Waals surface area (Å²) >= 11 is 2.09. The van der Waals surface area contributed by atoms with E-state index in [-0.39, 0.29) is 5.69 Å². The zero-order chi connectivity index (χ0) is 11.5. The van der Waals surface area contributed by atoms with E-state index in [4.69, 9.17) is 4.74 Å². The molecule has 0 aromatic heterocycles. The lowest BCUT2D eigenvalue weighted by atomic mass is 10.2. The van der Waals surface area contributed by atoms with Gasteiger partial charge in [0.05, 0.1) is 13.2 Å². The highest BCUT2D eigenvalue weighted by molar-refractivity contribution is 14.1. The molecular formula is C11H12F2INO. The summed E-state index contributed by atoms with van der Waals surface area (Å²) in [7, 11) is 0. The monoisotopic (exact) mass is 339 g/mol. The van der Waals surface area contributed by atoms with Crippen LogP contribution in [0.3, 0.4) is 0 Å². The molecule has 0 bridgehead atoms. The van der Waals surface area contributed by atoms with E-state index >= 15 is 0 Å². The van der Waals surface area contributed by atoms with E-state index in [1.54, 1.807) is 4.90 Å². The third-order valence-corrected chi connectivity index (χ3v) is 3.44. The molecule has 0 radical (unpaired) electrons. The Balaban J connectivity index is 2.32. The number of hydrogen-bond donors (Lipinski definition) is 0.